The highest BCUT2D eigenvalue weighted by atomic mass is 16.5. The van der Waals surface area contributed by atoms with E-state index in [1.54, 1.807) is 19.2 Å². The first kappa shape index (κ1) is 15.1. The van der Waals surface area contributed by atoms with Crippen molar-refractivity contribution in [2.45, 2.75) is 19.8 Å². The van der Waals surface area contributed by atoms with Crippen LogP contribution in [0.25, 0.3) is 0 Å². The summed E-state index contributed by atoms with van der Waals surface area (Å²) in [6.07, 6.45) is 0. The highest BCUT2D eigenvalue weighted by Crippen LogP contribution is 2.21. The molecule has 0 fully saturated rings. The number of hydrogen-bond donors (Lipinski definition) is 0. The van der Waals surface area contributed by atoms with Crippen LogP contribution in [0.3, 0.4) is 0 Å². The highest BCUT2D eigenvalue weighted by molar-refractivity contribution is 5.99. The Kier molecular flexibility index (Phi) is 4.99. The van der Waals surface area contributed by atoms with Gasteiger partial charge in [0, 0.05) is 0 Å². The van der Waals surface area contributed by atoms with Gasteiger partial charge in [-0.05, 0) is 35.7 Å². The van der Waals surface area contributed by atoms with E-state index in [9.17, 15) is 4.79 Å². The molecule has 0 spiro atoms. The number of para-hydroxylation sites is 1. The smallest absolute Gasteiger partial charge is 0.203 e. The number of carbonyl (C=O) groups is 1. The van der Waals surface area contributed by atoms with E-state index in [1.165, 1.54) is 5.56 Å². The maximum Gasteiger partial charge on any atom is 0.203 e. The molecule has 0 heterocycles. The number of benzene rings is 2. The Morgan fingerprint density at radius 1 is 1.10 bits per heavy atom. The summed E-state index contributed by atoms with van der Waals surface area (Å²) in [6, 6.07) is 15.0. The summed E-state index contributed by atoms with van der Waals surface area (Å²) in [5.74, 6) is 1.62. The van der Waals surface area contributed by atoms with Crippen molar-refractivity contribution in [2.24, 2.45) is 0 Å². The van der Waals surface area contributed by atoms with E-state index in [1.807, 2.05) is 30.3 Å². The van der Waals surface area contributed by atoms with Crippen molar-refractivity contribution in [1.82, 2.24) is 0 Å². The van der Waals surface area contributed by atoms with Crippen LogP contribution in [-0.2, 0) is 0 Å². The molecule has 0 amide bonds. The third-order valence-corrected chi connectivity index (χ3v) is 3.30. The van der Waals surface area contributed by atoms with Gasteiger partial charge in [-0.15, -0.1) is 0 Å². The Morgan fingerprint density at radius 2 is 1.86 bits per heavy atom. The summed E-state index contributed by atoms with van der Waals surface area (Å²) in [5, 5.41) is 0. The number of carbonyl (C=O) groups excluding carboxylic acids is 1. The quantitative estimate of drug-likeness (QED) is 0.750. The Hall–Kier alpha value is -2.29. The van der Waals surface area contributed by atoms with Crippen LogP contribution < -0.4 is 9.47 Å². The summed E-state index contributed by atoms with van der Waals surface area (Å²) in [7, 11) is 1.55. The maximum atomic E-state index is 12.2. The first-order valence-corrected chi connectivity index (χ1v) is 7.00. The fourth-order valence-electron chi connectivity index (χ4n) is 2.07. The van der Waals surface area contributed by atoms with Crippen LogP contribution in [0.15, 0.2) is 48.5 Å². The zero-order valence-corrected chi connectivity index (χ0v) is 12.6. The monoisotopic (exact) mass is 284 g/mol. The number of ketones is 1. The zero-order valence-electron chi connectivity index (χ0n) is 12.6. The van der Waals surface area contributed by atoms with Gasteiger partial charge in [-0.2, -0.15) is 0 Å². The summed E-state index contributed by atoms with van der Waals surface area (Å²) >= 11 is 0. The van der Waals surface area contributed by atoms with Crippen molar-refractivity contribution in [3.63, 3.8) is 0 Å². The van der Waals surface area contributed by atoms with Crippen LogP contribution in [0, 0.1) is 0 Å². The van der Waals surface area contributed by atoms with Gasteiger partial charge in [-0.1, -0.05) is 38.1 Å². The molecule has 0 radical (unpaired) electrons. The average molecular weight is 284 g/mol. The minimum absolute atomic E-state index is 0.00191. The van der Waals surface area contributed by atoms with Gasteiger partial charge in [0.15, 0.2) is 6.61 Å². The van der Waals surface area contributed by atoms with Crippen molar-refractivity contribution in [3.8, 4) is 11.5 Å². The average Bonchev–Trinajstić information content (AvgIpc) is 2.52. The molecule has 3 nitrogen and oxygen atoms in total. The summed E-state index contributed by atoms with van der Waals surface area (Å²) in [4.78, 5) is 12.2. The van der Waals surface area contributed by atoms with Crippen molar-refractivity contribution in [2.75, 3.05) is 13.7 Å². The van der Waals surface area contributed by atoms with Crippen molar-refractivity contribution < 1.29 is 14.3 Å². The van der Waals surface area contributed by atoms with E-state index in [2.05, 4.69) is 19.9 Å². The molecule has 0 unspecified atom stereocenters. The van der Waals surface area contributed by atoms with Gasteiger partial charge in [0.25, 0.3) is 0 Å². The van der Waals surface area contributed by atoms with Crippen LogP contribution in [0.1, 0.15) is 35.7 Å². The molecule has 0 aliphatic rings. The second kappa shape index (κ2) is 6.93. The van der Waals surface area contributed by atoms with Crippen molar-refractivity contribution >= 4 is 5.78 Å². The summed E-state index contributed by atoms with van der Waals surface area (Å²) in [6.45, 7) is 4.25. The van der Waals surface area contributed by atoms with Gasteiger partial charge in [0.2, 0.25) is 5.78 Å². The number of ether oxygens (including phenoxy) is 2. The lowest BCUT2D eigenvalue weighted by Crippen LogP contribution is -2.12. The molecule has 0 aliphatic carbocycles. The Morgan fingerprint density at radius 3 is 2.57 bits per heavy atom. The molecule has 2 aromatic rings. The first-order valence-electron chi connectivity index (χ1n) is 7.00. The lowest BCUT2D eigenvalue weighted by atomic mass is 10.0. The SMILES string of the molecule is COc1ccccc1C(=O)COc1cccc(C(C)C)c1. The fraction of sp³-hybridized carbons (Fsp3) is 0.278. The molecule has 110 valence electrons. The Bertz CT molecular complexity index is 617. The van der Waals surface area contributed by atoms with Crippen molar-refractivity contribution in [1.29, 1.82) is 0 Å². The molecule has 0 N–H and O–H groups in total. The minimum atomic E-state index is -0.0950. The van der Waals surface area contributed by atoms with Gasteiger partial charge in [-0.25, -0.2) is 0 Å². The molecule has 21 heavy (non-hydrogen) atoms. The normalized spacial score (nSPS) is 10.5. The molecule has 2 rings (SSSR count). The van der Waals surface area contributed by atoms with Gasteiger partial charge in [-0.3, -0.25) is 4.79 Å². The topological polar surface area (TPSA) is 35.5 Å². The van der Waals surface area contributed by atoms with E-state index in [-0.39, 0.29) is 12.4 Å². The van der Waals surface area contributed by atoms with Crippen LogP contribution in [0.4, 0.5) is 0 Å². The van der Waals surface area contributed by atoms with E-state index in [4.69, 9.17) is 9.47 Å². The molecule has 0 aliphatic heterocycles. The molecule has 0 bridgehead atoms. The van der Waals surface area contributed by atoms with Gasteiger partial charge in [0.05, 0.1) is 12.7 Å². The van der Waals surface area contributed by atoms with Crippen LogP contribution in [-0.4, -0.2) is 19.5 Å². The molecule has 0 saturated carbocycles. The first-order chi connectivity index (χ1) is 10.1. The number of hydrogen-bond acceptors (Lipinski definition) is 3. The minimum Gasteiger partial charge on any atom is -0.496 e. The number of Topliss-reactive ketones (excluding diaryl/α,β-unsaturated/α-hetero) is 1. The second-order valence-electron chi connectivity index (χ2n) is 5.14. The lowest BCUT2D eigenvalue weighted by molar-refractivity contribution is 0.0918. The van der Waals surface area contributed by atoms with E-state index < -0.39 is 0 Å². The molecular formula is C18H20O3. The summed E-state index contributed by atoms with van der Waals surface area (Å²) < 4.78 is 10.8. The predicted octanol–water partition coefficient (Wildman–Crippen LogP) is 4.08. The molecule has 0 aromatic heterocycles. The molecular weight excluding hydrogens is 264 g/mol. The predicted molar refractivity (Wildman–Crippen MR) is 83.4 cm³/mol. The molecule has 3 heteroatoms. The standard InChI is InChI=1S/C18H20O3/c1-13(2)14-7-6-8-15(11-14)21-12-17(19)16-9-4-5-10-18(16)20-3/h4-11,13H,12H2,1-3H3. The maximum absolute atomic E-state index is 12.2. The fourth-order valence-corrected chi connectivity index (χ4v) is 2.07. The Balaban J connectivity index is 2.06. The third-order valence-electron chi connectivity index (χ3n) is 3.30. The molecule has 2 aromatic carbocycles. The highest BCUT2D eigenvalue weighted by Gasteiger charge is 2.12. The second-order valence-corrected chi connectivity index (χ2v) is 5.14. The zero-order chi connectivity index (χ0) is 15.2. The van der Waals surface area contributed by atoms with E-state index in [0.29, 0.717) is 23.0 Å². The lowest BCUT2D eigenvalue weighted by Gasteiger charge is -2.11. The van der Waals surface area contributed by atoms with Gasteiger partial charge >= 0.3 is 0 Å². The van der Waals surface area contributed by atoms with Crippen molar-refractivity contribution in [3.05, 3.63) is 59.7 Å². The van der Waals surface area contributed by atoms with Crippen LogP contribution in [0.5, 0.6) is 11.5 Å². The van der Waals surface area contributed by atoms with E-state index in [0.717, 1.165) is 0 Å². The number of methoxy groups -OCH3 is 1. The van der Waals surface area contributed by atoms with Gasteiger partial charge in [0.1, 0.15) is 11.5 Å². The third kappa shape index (κ3) is 3.85. The van der Waals surface area contributed by atoms with Crippen LogP contribution >= 0.6 is 0 Å². The Labute approximate surface area is 125 Å². The number of rotatable bonds is 6. The summed E-state index contributed by atoms with van der Waals surface area (Å²) in [5.41, 5.74) is 1.73. The van der Waals surface area contributed by atoms with E-state index >= 15 is 0 Å². The van der Waals surface area contributed by atoms with Crippen LogP contribution in [0.2, 0.25) is 0 Å². The molecule has 0 saturated heterocycles. The van der Waals surface area contributed by atoms with Gasteiger partial charge < -0.3 is 9.47 Å². The largest absolute Gasteiger partial charge is 0.496 e. The molecule has 0 atom stereocenters.